The Balaban J connectivity index is 1.38. The molecule has 5 rings (SSSR count). The molecule has 3 aromatic carbocycles. The number of benzene rings is 3. The maximum atomic E-state index is 12.8. The normalized spacial score (nSPS) is 18.1. The lowest BCUT2D eigenvalue weighted by atomic mass is 9.99. The number of nitrogens with zero attached hydrogens (tertiary/aromatic N) is 2. The minimum atomic E-state index is -0.636. The average Bonchev–Trinajstić information content (AvgIpc) is 3.10. The zero-order chi connectivity index (χ0) is 23.7. The Morgan fingerprint density at radius 1 is 0.853 bits per heavy atom. The highest BCUT2D eigenvalue weighted by Crippen LogP contribution is 2.27. The minimum Gasteiger partial charge on any atom is -0.353 e. The Morgan fingerprint density at radius 3 is 2.24 bits per heavy atom. The van der Waals surface area contributed by atoms with Crippen molar-refractivity contribution in [3.05, 3.63) is 107 Å². The number of hydrogen-bond acceptors (Lipinski definition) is 5. The summed E-state index contributed by atoms with van der Waals surface area (Å²) in [5.41, 5.74) is 2.86. The summed E-state index contributed by atoms with van der Waals surface area (Å²) in [5.74, 6) is -0.875. The summed E-state index contributed by atoms with van der Waals surface area (Å²) in [6, 6.07) is 22.5. The largest absolute Gasteiger partial charge is 0.353 e. The van der Waals surface area contributed by atoms with Crippen molar-refractivity contribution in [3.63, 3.8) is 0 Å². The molecule has 7 heteroatoms. The van der Waals surface area contributed by atoms with E-state index in [9.17, 15) is 19.2 Å². The molecule has 1 saturated heterocycles. The summed E-state index contributed by atoms with van der Waals surface area (Å²) in [6.07, 6.45) is 0. The quantitative estimate of drug-likeness (QED) is 0.458. The fraction of sp³-hybridized carbons (Fsp3) is 0.185. The van der Waals surface area contributed by atoms with Gasteiger partial charge in [0.15, 0.2) is 5.78 Å². The lowest BCUT2D eigenvalue weighted by Gasteiger charge is -2.35. The lowest BCUT2D eigenvalue weighted by molar-refractivity contribution is -0.128. The maximum Gasteiger partial charge on any atom is 0.261 e. The van der Waals surface area contributed by atoms with Crippen LogP contribution in [0.2, 0.25) is 0 Å². The molecule has 2 aliphatic heterocycles. The van der Waals surface area contributed by atoms with E-state index in [1.807, 2.05) is 47.4 Å². The third-order valence-corrected chi connectivity index (χ3v) is 6.24. The molecule has 0 bridgehead atoms. The van der Waals surface area contributed by atoms with Crippen molar-refractivity contribution in [2.75, 3.05) is 19.6 Å². The van der Waals surface area contributed by atoms with Crippen LogP contribution >= 0.6 is 0 Å². The minimum absolute atomic E-state index is 0.0533. The molecule has 0 radical (unpaired) electrons. The fourth-order valence-corrected chi connectivity index (χ4v) is 4.57. The smallest absolute Gasteiger partial charge is 0.261 e. The van der Waals surface area contributed by atoms with Crippen LogP contribution in [0, 0.1) is 0 Å². The Morgan fingerprint density at radius 2 is 1.53 bits per heavy atom. The van der Waals surface area contributed by atoms with Crippen LogP contribution in [0.25, 0.3) is 0 Å². The first-order chi connectivity index (χ1) is 16.5. The number of carbonyl (C=O) groups is 4. The first-order valence-electron chi connectivity index (χ1n) is 11.2. The zero-order valence-electron chi connectivity index (χ0n) is 18.4. The molecule has 34 heavy (non-hydrogen) atoms. The van der Waals surface area contributed by atoms with Gasteiger partial charge in [0.1, 0.15) is 6.04 Å². The average molecular weight is 453 g/mol. The van der Waals surface area contributed by atoms with Gasteiger partial charge in [0.25, 0.3) is 11.8 Å². The maximum absolute atomic E-state index is 12.8. The van der Waals surface area contributed by atoms with Gasteiger partial charge in [0, 0.05) is 18.7 Å². The number of nitrogens with one attached hydrogen (secondary N) is 1. The van der Waals surface area contributed by atoms with Crippen LogP contribution in [0.15, 0.2) is 78.9 Å². The van der Waals surface area contributed by atoms with E-state index >= 15 is 0 Å². The van der Waals surface area contributed by atoms with Crippen molar-refractivity contribution in [3.8, 4) is 0 Å². The highest BCUT2D eigenvalue weighted by Gasteiger charge is 2.36. The zero-order valence-corrected chi connectivity index (χ0v) is 18.4. The number of ketones is 1. The van der Waals surface area contributed by atoms with E-state index in [1.165, 1.54) is 4.90 Å². The van der Waals surface area contributed by atoms with Gasteiger partial charge in [0.2, 0.25) is 5.91 Å². The first-order valence-corrected chi connectivity index (χ1v) is 11.2. The molecule has 3 amide bonds. The SMILES string of the molecule is O=C(CN1CCNC(=O)C1c1cccc(CN2C(=O)c3ccccc3C2=O)c1)c1ccccc1. The Labute approximate surface area is 197 Å². The second-order valence-electron chi connectivity index (χ2n) is 8.44. The van der Waals surface area contributed by atoms with Gasteiger partial charge in [0.05, 0.1) is 24.2 Å². The molecule has 0 spiro atoms. The van der Waals surface area contributed by atoms with Crippen LogP contribution in [-0.2, 0) is 11.3 Å². The summed E-state index contributed by atoms with van der Waals surface area (Å²) in [5, 5.41) is 2.88. The van der Waals surface area contributed by atoms with E-state index < -0.39 is 6.04 Å². The second kappa shape index (κ2) is 9.03. The topological polar surface area (TPSA) is 86.8 Å². The van der Waals surface area contributed by atoms with Crippen molar-refractivity contribution in [1.82, 2.24) is 15.1 Å². The molecule has 7 nitrogen and oxygen atoms in total. The first kappa shape index (κ1) is 21.7. The van der Waals surface area contributed by atoms with E-state index in [1.54, 1.807) is 36.4 Å². The number of imide groups is 1. The molecule has 0 aromatic heterocycles. The van der Waals surface area contributed by atoms with E-state index in [2.05, 4.69) is 5.32 Å². The predicted molar refractivity (Wildman–Crippen MR) is 125 cm³/mol. The third kappa shape index (κ3) is 4.02. The molecule has 1 unspecified atom stereocenters. The van der Waals surface area contributed by atoms with Gasteiger partial charge in [-0.25, -0.2) is 0 Å². The van der Waals surface area contributed by atoms with Gasteiger partial charge >= 0.3 is 0 Å². The number of rotatable bonds is 6. The Bertz CT molecular complexity index is 1250. The molecule has 1 atom stereocenters. The molecular weight excluding hydrogens is 430 g/mol. The van der Waals surface area contributed by atoms with Gasteiger partial charge in [-0.3, -0.25) is 29.0 Å². The summed E-state index contributed by atoms with van der Waals surface area (Å²) >= 11 is 0. The van der Waals surface area contributed by atoms with Crippen molar-refractivity contribution in [2.45, 2.75) is 12.6 Å². The summed E-state index contributed by atoms with van der Waals surface area (Å²) in [4.78, 5) is 54.3. The predicted octanol–water partition coefficient (Wildman–Crippen LogP) is 2.84. The molecule has 3 aromatic rings. The molecule has 2 heterocycles. The summed E-state index contributed by atoms with van der Waals surface area (Å²) in [6.45, 7) is 1.23. The third-order valence-electron chi connectivity index (χ3n) is 6.24. The number of Topliss-reactive ketones (excluding diaryl/α,β-unsaturated/α-hetero) is 1. The fourth-order valence-electron chi connectivity index (χ4n) is 4.57. The molecule has 0 aliphatic carbocycles. The number of carbonyl (C=O) groups excluding carboxylic acids is 4. The molecule has 1 N–H and O–H groups in total. The van der Waals surface area contributed by atoms with Crippen LogP contribution in [-0.4, -0.2) is 52.9 Å². The van der Waals surface area contributed by atoms with E-state index in [4.69, 9.17) is 0 Å². The Kier molecular flexibility index (Phi) is 5.77. The lowest BCUT2D eigenvalue weighted by Crippen LogP contribution is -2.51. The molecule has 0 saturated carbocycles. The molecule has 2 aliphatic rings. The van der Waals surface area contributed by atoms with Gasteiger partial charge < -0.3 is 5.32 Å². The van der Waals surface area contributed by atoms with Crippen LogP contribution in [0.4, 0.5) is 0 Å². The van der Waals surface area contributed by atoms with E-state index in [0.717, 1.165) is 5.56 Å². The summed E-state index contributed by atoms with van der Waals surface area (Å²) in [7, 11) is 0. The van der Waals surface area contributed by atoms with Crippen molar-refractivity contribution in [2.24, 2.45) is 0 Å². The Hall–Kier alpha value is -4.10. The molecular formula is C27H23N3O4. The number of fused-ring (bicyclic) bond motifs is 1. The van der Waals surface area contributed by atoms with Gasteiger partial charge in [-0.15, -0.1) is 0 Å². The number of amides is 3. The summed E-state index contributed by atoms with van der Waals surface area (Å²) < 4.78 is 0. The monoisotopic (exact) mass is 453 g/mol. The van der Waals surface area contributed by atoms with Crippen molar-refractivity contribution in [1.29, 1.82) is 0 Å². The van der Waals surface area contributed by atoms with Gasteiger partial charge in [-0.05, 0) is 23.3 Å². The van der Waals surface area contributed by atoms with Gasteiger partial charge in [-0.1, -0.05) is 66.7 Å². The van der Waals surface area contributed by atoms with Gasteiger partial charge in [-0.2, -0.15) is 0 Å². The second-order valence-corrected chi connectivity index (χ2v) is 8.44. The molecule has 170 valence electrons. The molecule has 1 fully saturated rings. The number of hydrogen-bond donors (Lipinski definition) is 1. The van der Waals surface area contributed by atoms with Crippen molar-refractivity contribution < 1.29 is 19.2 Å². The van der Waals surface area contributed by atoms with Crippen LogP contribution in [0.5, 0.6) is 0 Å². The standard InChI is InChI=1S/C27H23N3O4/c31-23(19-8-2-1-3-9-19)17-29-14-13-28-25(32)24(29)20-10-6-7-18(15-20)16-30-26(33)21-11-4-5-12-22(21)27(30)34/h1-12,15,24H,13-14,16-17H2,(H,28,32). The highest BCUT2D eigenvalue weighted by molar-refractivity contribution is 6.21. The van der Waals surface area contributed by atoms with Crippen LogP contribution < -0.4 is 5.32 Å². The van der Waals surface area contributed by atoms with E-state index in [-0.39, 0.29) is 36.6 Å². The van der Waals surface area contributed by atoms with Crippen molar-refractivity contribution >= 4 is 23.5 Å². The number of piperazine rings is 1. The van der Waals surface area contributed by atoms with E-state index in [0.29, 0.717) is 35.3 Å². The highest BCUT2D eigenvalue weighted by atomic mass is 16.2. The van der Waals surface area contributed by atoms with Crippen LogP contribution in [0.3, 0.4) is 0 Å². The van der Waals surface area contributed by atoms with Crippen LogP contribution in [0.1, 0.15) is 48.2 Å².